The maximum atomic E-state index is 13.2. The van der Waals surface area contributed by atoms with E-state index in [-0.39, 0.29) is 47.0 Å². The number of anilines is 2. The molecular weight excluding hydrogens is 479 g/mol. The molecule has 1 aliphatic carbocycles. The van der Waals surface area contributed by atoms with E-state index in [1.165, 1.54) is 36.4 Å². The number of fused-ring (bicyclic) bond motifs is 2. The Balaban J connectivity index is 0.00000204. The molecule has 0 saturated carbocycles. The molecule has 0 bridgehead atoms. The molecule has 0 spiro atoms. The monoisotopic (exact) mass is 496 g/mol. The van der Waals surface area contributed by atoms with Gasteiger partial charge in [0.25, 0.3) is 20.1 Å². The predicted octanol–water partition coefficient (Wildman–Crippen LogP) is -0.483. The van der Waals surface area contributed by atoms with Gasteiger partial charge in [-0.3, -0.25) is 18.9 Å². The van der Waals surface area contributed by atoms with Crippen LogP contribution in [-0.2, 0) is 20.1 Å². The molecule has 4 N–H and O–H groups in total. The van der Waals surface area contributed by atoms with E-state index in [0.29, 0.717) is 0 Å². The molecule has 1 aliphatic rings. The molecule has 0 aliphatic heterocycles. The van der Waals surface area contributed by atoms with E-state index in [2.05, 4.69) is 4.72 Å². The van der Waals surface area contributed by atoms with Gasteiger partial charge in [-0.1, -0.05) is 42.0 Å². The molecule has 33 heavy (non-hydrogen) atoms. The van der Waals surface area contributed by atoms with Gasteiger partial charge in [0.2, 0.25) is 0 Å². The third kappa shape index (κ3) is 4.35. The number of carbonyl (C=O) groups excluding carboxylic acids is 2. The summed E-state index contributed by atoms with van der Waals surface area (Å²) in [7, 11) is -9.24. The van der Waals surface area contributed by atoms with E-state index in [9.17, 15) is 31.0 Å². The largest absolute Gasteiger partial charge is 1.00 e. The fraction of sp³-hybridized carbons (Fsp3) is 0.0476. The summed E-state index contributed by atoms with van der Waals surface area (Å²) in [5.41, 5.74) is 4.65. The van der Waals surface area contributed by atoms with Gasteiger partial charge >= 0.3 is 29.6 Å². The van der Waals surface area contributed by atoms with E-state index in [1.807, 2.05) is 0 Å². The Morgan fingerprint density at radius 1 is 0.879 bits per heavy atom. The van der Waals surface area contributed by atoms with E-state index in [1.54, 1.807) is 19.1 Å². The van der Waals surface area contributed by atoms with Gasteiger partial charge in [0, 0.05) is 11.1 Å². The minimum Gasteiger partial charge on any atom is -1.00 e. The minimum atomic E-state index is -4.96. The van der Waals surface area contributed by atoms with Crippen LogP contribution in [0, 0.1) is 6.92 Å². The number of nitrogens with one attached hydrogen (secondary N) is 1. The molecule has 4 rings (SSSR count). The van der Waals surface area contributed by atoms with Crippen molar-refractivity contribution < 1.29 is 62.0 Å². The Bertz CT molecular complexity index is 1540. The number of sulfonamides is 1. The fourth-order valence-corrected chi connectivity index (χ4v) is 5.22. The molecule has 0 aromatic heterocycles. The SMILES string of the molecule is Cc1ccc(S(=O)(=O)Nc2cc(S(=O)(=O)O)c(N)c3c2C(=O)c2ccccc2C3=O)cc1.[H-].[Na+]. The maximum Gasteiger partial charge on any atom is 1.00 e. The zero-order valence-electron chi connectivity index (χ0n) is 18.5. The van der Waals surface area contributed by atoms with Crippen molar-refractivity contribution >= 4 is 43.1 Å². The fourth-order valence-electron chi connectivity index (χ4n) is 3.51. The van der Waals surface area contributed by atoms with Crippen molar-refractivity contribution in [3.63, 3.8) is 0 Å². The molecule has 0 atom stereocenters. The first-order chi connectivity index (χ1) is 14.9. The van der Waals surface area contributed by atoms with Crippen LogP contribution in [0.15, 0.2) is 64.4 Å². The quantitative estimate of drug-likeness (QED) is 0.194. The number of benzene rings is 3. The van der Waals surface area contributed by atoms with Crippen LogP contribution in [-0.4, -0.2) is 33.0 Å². The number of nitrogens with two attached hydrogens (primary N) is 1. The third-order valence-corrected chi connectivity index (χ3v) is 7.33. The average molecular weight is 496 g/mol. The molecule has 0 heterocycles. The van der Waals surface area contributed by atoms with Crippen molar-refractivity contribution in [1.82, 2.24) is 0 Å². The van der Waals surface area contributed by atoms with E-state index in [0.717, 1.165) is 11.6 Å². The first-order valence-corrected chi connectivity index (χ1v) is 12.1. The number of hydrogen-bond donors (Lipinski definition) is 3. The summed E-state index contributed by atoms with van der Waals surface area (Å²) in [5, 5.41) is 0. The number of nitrogen functional groups attached to an aromatic ring is 1. The van der Waals surface area contributed by atoms with E-state index < -0.39 is 59.1 Å². The van der Waals surface area contributed by atoms with Gasteiger partial charge in [-0.25, -0.2) is 8.42 Å². The van der Waals surface area contributed by atoms with Gasteiger partial charge in [-0.15, -0.1) is 0 Å². The molecule has 3 aromatic rings. The number of carbonyl (C=O) groups is 2. The van der Waals surface area contributed by atoms with Crippen LogP contribution >= 0.6 is 0 Å². The molecule has 166 valence electrons. The summed E-state index contributed by atoms with van der Waals surface area (Å²) in [6.07, 6.45) is 0. The second-order valence-corrected chi connectivity index (χ2v) is 10.3. The Kier molecular flexibility index (Phi) is 6.59. The Morgan fingerprint density at radius 2 is 1.39 bits per heavy atom. The van der Waals surface area contributed by atoms with Crippen LogP contribution in [0.1, 0.15) is 38.8 Å². The predicted molar refractivity (Wildman–Crippen MR) is 117 cm³/mol. The molecule has 9 nitrogen and oxygen atoms in total. The van der Waals surface area contributed by atoms with Crippen molar-refractivity contribution in [2.45, 2.75) is 16.7 Å². The zero-order valence-corrected chi connectivity index (χ0v) is 21.1. The minimum absolute atomic E-state index is 0. The van der Waals surface area contributed by atoms with Gasteiger partial charge in [0.1, 0.15) is 4.90 Å². The normalized spacial score (nSPS) is 13.0. The summed E-state index contributed by atoms with van der Waals surface area (Å²) >= 11 is 0. The molecule has 3 aromatic carbocycles. The average Bonchev–Trinajstić information content (AvgIpc) is 2.72. The summed E-state index contributed by atoms with van der Waals surface area (Å²) in [5.74, 6) is -1.49. The van der Waals surface area contributed by atoms with Gasteiger partial charge in [-0.05, 0) is 25.1 Å². The molecule has 0 amide bonds. The van der Waals surface area contributed by atoms with Crippen LogP contribution in [0.4, 0.5) is 11.4 Å². The topological polar surface area (TPSA) is 161 Å². The molecule has 0 fully saturated rings. The van der Waals surface area contributed by atoms with E-state index in [4.69, 9.17) is 5.73 Å². The maximum absolute atomic E-state index is 13.2. The molecule has 0 saturated heterocycles. The van der Waals surface area contributed by atoms with Crippen LogP contribution in [0.2, 0.25) is 0 Å². The summed E-state index contributed by atoms with van der Waals surface area (Å²) in [6, 6.07) is 12.3. The van der Waals surface area contributed by atoms with Gasteiger partial charge < -0.3 is 7.16 Å². The van der Waals surface area contributed by atoms with Gasteiger partial charge in [0.05, 0.1) is 27.4 Å². The smallest absolute Gasteiger partial charge is 1.00 e. The van der Waals surface area contributed by atoms with Crippen molar-refractivity contribution in [1.29, 1.82) is 0 Å². The van der Waals surface area contributed by atoms with Gasteiger partial charge in [0.15, 0.2) is 11.6 Å². The number of aryl methyl sites for hydroxylation is 1. The Hall–Kier alpha value is -2.54. The summed E-state index contributed by atoms with van der Waals surface area (Å²) in [6.45, 7) is 1.76. The number of ketones is 2. The number of hydrogen-bond acceptors (Lipinski definition) is 7. The van der Waals surface area contributed by atoms with Crippen LogP contribution in [0.3, 0.4) is 0 Å². The summed E-state index contributed by atoms with van der Waals surface area (Å²) < 4.78 is 61.4. The summed E-state index contributed by atoms with van der Waals surface area (Å²) in [4.78, 5) is 25.2. The molecular formula is C21H17N2NaO7S2. The van der Waals surface area contributed by atoms with Gasteiger partial charge in [-0.2, -0.15) is 8.42 Å². The second-order valence-electron chi connectivity index (χ2n) is 7.18. The standard InChI is InChI=1S/C21H16N2O7S2.Na.H/c1-11-6-8-12(9-7-11)31(26,27)23-15-10-16(32(28,29)30)19(22)18-17(15)20(24)13-4-2-3-5-14(13)21(18)25;;/h2-10,23H,22H2,1H3,(H,28,29,30);;/q;+1;-1. The van der Waals surface area contributed by atoms with Crippen molar-refractivity contribution in [3.05, 3.63) is 82.4 Å². The molecule has 0 unspecified atom stereocenters. The van der Waals surface area contributed by atoms with Crippen LogP contribution < -0.4 is 40.0 Å². The Labute approximate surface area is 213 Å². The van der Waals surface area contributed by atoms with Crippen molar-refractivity contribution in [3.8, 4) is 0 Å². The zero-order chi connectivity index (χ0) is 23.4. The van der Waals surface area contributed by atoms with Crippen LogP contribution in [0.5, 0.6) is 0 Å². The molecule has 0 radical (unpaired) electrons. The second kappa shape index (κ2) is 8.67. The van der Waals surface area contributed by atoms with E-state index >= 15 is 0 Å². The third-order valence-electron chi connectivity index (χ3n) is 5.05. The molecule has 12 heteroatoms. The first kappa shape index (κ1) is 25.1. The Morgan fingerprint density at radius 3 is 1.91 bits per heavy atom. The van der Waals surface area contributed by atoms with Crippen molar-refractivity contribution in [2.24, 2.45) is 0 Å². The van der Waals surface area contributed by atoms with Crippen LogP contribution in [0.25, 0.3) is 0 Å². The van der Waals surface area contributed by atoms with Crippen molar-refractivity contribution in [2.75, 3.05) is 10.5 Å². The first-order valence-electron chi connectivity index (χ1n) is 9.13. The number of rotatable bonds is 4.